The molecule has 0 radical (unpaired) electrons. The molecule has 0 aromatic carbocycles. The van der Waals surface area contributed by atoms with E-state index in [2.05, 4.69) is 10.6 Å². The van der Waals surface area contributed by atoms with Gasteiger partial charge in [-0.2, -0.15) is 0 Å². The highest BCUT2D eigenvalue weighted by Gasteiger charge is 2.40. The van der Waals surface area contributed by atoms with E-state index in [9.17, 15) is 24.3 Å². The first-order chi connectivity index (χ1) is 13.0. The Morgan fingerprint density at radius 1 is 1.18 bits per heavy atom. The molecule has 5 atom stereocenters. The van der Waals surface area contributed by atoms with Crippen molar-refractivity contribution in [3.8, 4) is 0 Å². The number of carboxylic acids is 1. The minimum absolute atomic E-state index is 0.273. The van der Waals surface area contributed by atoms with Crippen LogP contribution in [0.25, 0.3) is 0 Å². The van der Waals surface area contributed by atoms with Crippen molar-refractivity contribution < 1.29 is 34.5 Å². The molecule has 0 saturated carbocycles. The number of amides is 3. The lowest BCUT2D eigenvalue weighted by Gasteiger charge is -2.31. The molecule has 28 heavy (non-hydrogen) atoms. The summed E-state index contributed by atoms with van der Waals surface area (Å²) in [7, 11) is 0. The number of nitrogens with zero attached hydrogens (tertiary/aromatic N) is 1. The van der Waals surface area contributed by atoms with Gasteiger partial charge >= 0.3 is 5.97 Å². The summed E-state index contributed by atoms with van der Waals surface area (Å²) < 4.78 is 0. The van der Waals surface area contributed by atoms with Gasteiger partial charge in [0.2, 0.25) is 17.7 Å². The van der Waals surface area contributed by atoms with Crippen molar-refractivity contribution >= 4 is 23.7 Å². The van der Waals surface area contributed by atoms with E-state index in [0.717, 1.165) is 0 Å². The van der Waals surface area contributed by atoms with E-state index >= 15 is 0 Å². The van der Waals surface area contributed by atoms with Gasteiger partial charge in [0.15, 0.2) is 0 Å². The van der Waals surface area contributed by atoms with Gasteiger partial charge in [-0.1, -0.05) is 13.8 Å². The monoisotopic (exact) mass is 402 g/mol. The van der Waals surface area contributed by atoms with Crippen LogP contribution in [0.2, 0.25) is 0 Å². The molecule has 1 fully saturated rings. The number of carbonyl (C=O) groups excluding carboxylic acids is 3. The van der Waals surface area contributed by atoms with Crippen molar-refractivity contribution in [2.24, 2.45) is 11.7 Å². The van der Waals surface area contributed by atoms with E-state index in [1.807, 2.05) is 0 Å². The second kappa shape index (κ2) is 10.3. The fraction of sp³-hybridized carbons (Fsp3) is 0.765. The number of hydrogen-bond acceptors (Lipinski definition) is 7. The normalized spacial score (nSPS) is 21.0. The van der Waals surface area contributed by atoms with Crippen LogP contribution in [-0.4, -0.2) is 87.3 Å². The maximum Gasteiger partial charge on any atom is 0.328 e. The number of rotatable bonds is 9. The van der Waals surface area contributed by atoms with Gasteiger partial charge in [-0.25, -0.2) is 4.79 Å². The maximum atomic E-state index is 13.0. The number of nitrogens with one attached hydrogen (secondary N) is 2. The molecule has 0 aliphatic carbocycles. The molecule has 1 rings (SSSR count). The largest absolute Gasteiger partial charge is 0.480 e. The number of nitrogens with two attached hydrogens (primary N) is 1. The zero-order chi connectivity index (χ0) is 21.6. The third-order valence-corrected chi connectivity index (χ3v) is 4.69. The van der Waals surface area contributed by atoms with Gasteiger partial charge in [0.1, 0.15) is 24.2 Å². The van der Waals surface area contributed by atoms with Crippen LogP contribution in [0.5, 0.6) is 0 Å². The molecule has 1 aliphatic rings. The number of carboxylic acid groups (broad SMARTS) is 1. The third-order valence-electron chi connectivity index (χ3n) is 4.69. The van der Waals surface area contributed by atoms with Crippen molar-refractivity contribution in [3.63, 3.8) is 0 Å². The SMILES string of the molecule is CC(C)C(NC(=O)C(N)C(C)O)C(=O)N1CCCC1C(=O)NC(CO)C(=O)O. The highest BCUT2D eigenvalue weighted by atomic mass is 16.4. The molecule has 5 unspecified atom stereocenters. The molecule has 3 amide bonds. The number of carbonyl (C=O) groups is 4. The Hall–Kier alpha value is -2.24. The quantitative estimate of drug-likeness (QED) is 0.242. The molecule has 0 aromatic rings. The van der Waals surface area contributed by atoms with Gasteiger partial charge in [0.25, 0.3) is 0 Å². The van der Waals surface area contributed by atoms with Crippen LogP contribution in [0.15, 0.2) is 0 Å². The lowest BCUT2D eigenvalue weighted by Crippen LogP contribution is -2.59. The van der Waals surface area contributed by atoms with E-state index in [-0.39, 0.29) is 12.5 Å². The van der Waals surface area contributed by atoms with Gasteiger partial charge in [-0.05, 0) is 25.7 Å². The molecule has 0 bridgehead atoms. The highest BCUT2D eigenvalue weighted by molar-refractivity contribution is 5.94. The Morgan fingerprint density at radius 2 is 1.79 bits per heavy atom. The fourth-order valence-corrected chi connectivity index (χ4v) is 2.92. The lowest BCUT2D eigenvalue weighted by molar-refractivity contribution is -0.146. The number of aliphatic hydroxyl groups is 2. The molecular weight excluding hydrogens is 372 g/mol. The van der Waals surface area contributed by atoms with Crippen LogP contribution in [0, 0.1) is 5.92 Å². The van der Waals surface area contributed by atoms with E-state index in [1.165, 1.54) is 11.8 Å². The van der Waals surface area contributed by atoms with Gasteiger partial charge in [-0.15, -0.1) is 0 Å². The van der Waals surface area contributed by atoms with Crippen LogP contribution in [0.3, 0.4) is 0 Å². The zero-order valence-corrected chi connectivity index (χ0v) is 16.3. The molecule has 0 spiro atoms. The molecule has 1 aliphatic heterocycles. The highest BCUT2D eigenvalue weighted by Crippen LogP contribution is 2.20. The van der Waals surface area contributed by atoms with E-state index in [4.69, 9.17) is 15.9 Å². The Bertz CT molecular complexity index is 596. The molecule has 11 nitrogen and oxygen atoms in total. The summed E-state index contributed by atoms with van der Waals surface area (Å²) in [5, 5.41) is 32.2. The number of likely N-dealkylation sites (tertiary alicyclic amines) is 1. The van der Waals surface area contributed by atoms with Crippen molar-refractivity contribution in [1.29, 1.82) is 0 Å². The predicted molar refractivity (Wildman–Crippen MR) is 97.8 cm³/mol. The molecule has 1 saturated heterocycles. The van der Waals surface area contributed by atoms with Gasteiger partial charge in [-0.3, -0.25) is 14.4 Å². The molecule has 0 aromatic heterocycles. The van der Waals surface area contributed by atoms with Gasteiger partial charge in [0.05, 0.1) is 12.7 Å². The average molecular weight is 402 g/mol. The van der Waals surface area contributed by atoms with Crippen LogP contribution in [-0.2, 0) is 19.2 Å². The maximum absolute atomic E-state index is 13.0. The Balaban J connectivity index is 2.91. The van der Waals surface area contributed by atoms with Gasteiger partial charge < -0.3 is 36.6 Å². The standard InChI is InChI=1S/C17H30N4O7/c1-8(2)13(20-15(25)12(18)9(3)23)16(26)21-6-4-5-11(21)14(24)19-10(7-22)17(27)28/h8-13,22-23H,4-7,18H2,1-3H3,(H,19,24)(H,20,25)(H,27,28). The van der Waals surface area contributed by atoms with Crippen LogP contribution in [0.1, 0.15) is 33.6 Å². The second-order valence-electron chi connectivity index (χ2n) is 7.27. The van der Waals surface area contributed by atoms with Crippen LogP contribution in [0.4, 0.5) is 0 Å². The summed E-state index contributed by atoms with van der Waals surface area (Å²) in [6, 6.07) is -4.52. The van der Waals surface area contributed by atoms with Crippen LogP contribution < -0.4 is 16.4 Å². The first kappa shape index (κ1) is 23.8. The average Bonchev–Trinajstić information content (AvgIpc) is 3.11. The Labute approximate surface area is 163 Å². The summed E-state index contributed by atoms with van der Waals surface area (Å²) in [6.07, 6.45) is -0.229. The minimum Gasteiger partial charge on any atom is -0.480 e. The van der Waals surface area contributed by atoms with Gasteiger partial charge in [0, 0.05) is 6.54 Å². The zero-order valence-electron chi connectivity index (χ0n) is 16.3. The smallest absolute Gasteiger partial charge is 0.328 e. The topological polar surface area (TPSA) is 182 Å². The van der Waals surface area contributed by atoms with Crippen molar-refractivity contribution in [1.82, 2.24) is 15.5 Å². The minimum atomic E-state index is -1.46. The summed E-state index contributed by atoms with van der Waals surface area (Å²) in [4.78, 5) is 49.9. The first-order valence-corrected chi connectivity index (χ1v) is 9.19. The first-order valence-electron chi connectivity index (χ1n) is 9.19. The summed E-state index contributed by atoms with van der Waals surface area (Å²) >= 11 is 0. The Morgan fingerprint density at radius 3 is 2.25 bits per heavy atom. The third kappa shape index (κ3) is 5.88. The van der Waals surface area contributed by atoms with E-state index in [1.54, 1.807) is 13.8 Å². The van der Waals surface area contributed by atoms with E-state index in [0.29, 0.717) is 12.8 Å². The second-order valence-corrected chi connectivity index (χ2v) is 7.27. The van der Waals surface area contributed by atoms with Crippen molar-refractivity contribution in [2.75, 3.05) is 13.2 Å². The number of aliphatic hydroxyl groups excluding tert-OH is 2. The molecular formula is C17H30N4O7. The fourth-order valence-electron chi connectivity index (χ4n) is 2.92. The number of aliphatic carboxylic acids is 1. The predicted octanol–water partition coefficient (Wildman–Crippen LogP) is -2.61. The Kier molecular flexibility index (Phi) is 8.79. The van der Waals surface area contributed by atoms with E-state index < -0.39 is 60.6 Å². The molecule has 1 heterocycles. The molecule has 7 N–H and O–H groups in total. The summed E-state index contributed by atoms with van der Waals surface area (Å²) in [5.41, 5.74) is 5.61. The van der Waals surface area contributed by atoms with Crippen LogP contribution >= 0.6 is 0 Å². The van der Waals surface area contributed by atoms with Crippen molar-refractivity contribution in [2.45, 2.75) is 63.9 Å². The summed E-state index contributed by atoms with van der Waals surface area (Å²) in [5.74, 6) is -3.55. The summed E-state index contributed by atoms with van der Waals surface area (Å²) in [6.45, 7) is 4.29. The lowest BCUT2D eigenvalue weighted by atomic mass is 10.0. The number of hydrogen-bond donors (Lipinski definition) is 6. The molecule has 160 valence electrons. The van der Waals surface area contributed by atoms with Crippen molar-refractivity contribution in [3.05, 3.63) is 0 Å². The molecule has 11 heteroatoms.